The third kappa shape index (κ3) is 5.22. The van der Waals surface area contributed by atoms with Crippen molar-refractivity contribution in [1.82, 2.24) is 0 Å². The predicted octanol–water partition coefficient (Wildman–Crippen LogP) is 18.1. The molecule has 0 amide bonds. The van der Waals surface area contributed by atoms with Crippen LogP contribution in [0.1, 0.15) is 84.0 Å². The fraction of sp³-hybridized carbons (Fsp3) is 0.130. The molecule has 332 valence electrons. The standard InChI is InChI=1S/C69H51N/c1-67(2)58-36-27-44-17-9-12-24-52(44)64(58)55-33-30-49(41-61(55)67)70(50-31-34-56-62(42-50)68(39-15-16-40-68)59-37-28-45-18-10-13-25-53(45)65(56)59)51-32-35-57-63(43-51)69(47-20-5-3-6-21-47,48-22-7-4-8-23-48)60-38-29-46-19-11-14-26-54(46)66(57)60/h3-14,17-38,41-43H,15-16,39-40H2,1-2H3. The van der Waals surface area contributed by atoms with Crippen molar-refractivity contribution in [2.75, 3.05) is 4.90 Å². The Labute approximate surface area is 410 Å². The summed E-state index contributed by atoms with van der Waals surface area (Å²) < 4.78 is 0. The Morgan fingerprint density at radius 2 is 0.729 bits per heavy atom. The van der Waals surface area contributed by atoms with Crippen molar-refractivity contribution in [2.45, 2.75) is 55.8 Å². The first kappa shape index (κ1) is 39.9. The maximum absolute atomic E-state index is 2.60. The maximum Gasteiger partial charge on any atom is 0.0714 e. The second-order valence-corrected chi connectivity index (χ2v) is 21.0. The van der Waals surface area contributed by atoms with Crippen LogP contribution in [0.25, 0.3) is 65.7 Å². The molecule has 0 unspecified atom stereocenters. The Morgan fingerprint density at radius 1 is 0.329 bits per heavy atom. The molecule has 0 bridgehead atoms. The summed E-state index contributed by atoms with van der Waals surface area (Å²) >= 11 is 0. The van der Waals surface area contributed by atoms with E-state index in [1.54, 1.807) is 0 Å². The lowest BCUT2D eigenvalue weighted by molar-refractivity contribution is 0.550. The van der Waals surface area contributed by atoms with Crippen LogP contribution in [-0.4, -0.2) is 0 Å². The number of benzene rings is 11. The summed E-state index contributed by atoms with van der Waals surface area (Å²) in [6.45, 7) is 4.85. The zero-order chi connectivity index (χ0) is 46.3. The molecule has 0 heterocycles. The molecule has 0 aliphatic heterocycles. The van der Waals surface area contributed by atoms with Gasteiger partial charge in [-0.3, -0.25) is 0 Å². The van der Waals surface area contributed by atoms with E-state index in [-0.39, 0.29) is 10.8 Å². The van der Waals surface area contributed by atoms with E-state index < -0.39 is 5.41 Å². The Morgan fingerprint density at radius 3 is 1.27 bits per heavy atom. The van der Waals surface area contributed by atoms with Gasteiger partial charge in [-0.25, -0.2) is 0 Å². The monoisotopic (exact) mass is 893 g/mol. The summed E-state index contributed by atoms with van der Waals surface area (Å²) in [5.74, 6) is 0. The molecule has 1 heteroatoms. The summed E-state index contributed by atoms with van der Waals surface area (Å²) in [7, 11) is 0. The van der Waals surface area contributed by atoms with E-state index in [1.807, 2.05) is 0 Å². The molecule has 11 aromatic rings. The Kier molecular flexibility index (Phi) is 8.28. The number of nitrogens with zero attached hydrogens (tertiary/aromatic N) is 1. The Hall–Kier alpha value is -8.00. The lowest BCUT2D eigenvalue weighted by atomic mass is 9.67. The van der Waals surface area contributed by atoms with Gasteiger partial charge in [-0.15, -0.1) is 0 Å². The minimum atomic E-state index is -0.559. The van der Waals surface area contributed by atoms with Gasteiger partial charge in [0.05, 0.1) is 5.41 Å². The summed E-state index contributed by atoms with van der Waals surface area (Å²) in [6.07, 6.45) is 4.84. The second-order valence-electron chi connectivity index (χ2n) is 21.0. The van der Waals surface area contributed by atoms with Gasteiger partial charge in [-0.1, -0.05) is 215 Å². The maximum atomic E-state index is 2.60. The number of hydrogen-bond acceptors (Lipinski definition) is 1. The Balaban J connectivity index is 1.01. The van der Waals surface area contributed by atoms with Crippen LogP contribution in [0.15, 0.2) is 224 Å². The van der Waals surface area contributed by atoms with Crippen molar-refractivity contribution in [3.63, 3.8) is 0 Å². The van der Waals surface area contributed by atoms with Crippen molar-refractivity contribution in [3.05, 3.63) is 269 Å². The van der Waals surface area contributed by atoms with Crippen LogP contribution in [0.5, 0.6) is 0 Å². The number of rotatable bonds is 5. The molecular formula is C69H51N. The molecule has 0 atom stereocenters. The molecule has 0 radical (unpaired) electrons. The quantitative estimate of drug-likeness (QED) is 0.166. The van der Waals surface area contributed by atoms with Gasteiger partial charge in [0.25, 0.3) is 0 Å². The van der Waals surface area contributed by atoms with Gasteiger partial charge in [0.15, 0.2) is 0 Å². The molecular weight excluding hydrogens is 843 g/mol. The molecule has 1 nitrogen and oxygen atoms in total. The molecule has 4 aliphatic rings. The van der Waals surface area contributed by atoms with Gasteiger partial charge in [0.2, 0.25) is 0 Å². The highest BCUT2D eigenvalue weighted by molar-refractivity contribution is 6.07. The number of hydrogen-bond donors (Lipinski definition) is 0. The van der Waals surface area contributed by atoms with Gasteiger partial charge >= 0.3 is 0 Å². The molecule has 1 spiro atoms. The van der Waals surface area contributed by atoms with E-state index >= 15 is 0 Å². The first-order valence-electron chi connectivity index (χ1n) is 25.4. The highest BCUT2D eigenvalue weighted by Gasteiger charge is 2.48. The van der Waals surface area contributed by atoms with Crippen molar-refractivity contribution < 1.29 is 0 Å². The average molecular weight is 894 g/mol. The van der Waals surface area contributed by atoms with Crippen molar-refractivity contribution in [2.24, 2.45) is 0 Å². The molecule has 0 aromatic heterocycles. The summed E-state index contributed by atoms with van der Waals surface area (Å²) in [6, 6.07) is 86.0. The molecule has 70 heavy (non-hydrogen) atoms. The summed E-state index contributed by atoms with van der Waals surface area (Å²) in [5.41, 5.74) is 21.9. The first-order valence-corrected chi connectivity index (χ1v) is 25.4. The SMILES string of the molecule is CC1(C)c2cc(N(c3ccc4c(c3)C3(CCCC3)c3ccc5ccccc5c3-4)c3ccc4c(c3)C(c3ccccc3)(c3ccccc3)c3ccc5ccccc5c3-4)ccc2-c2c1ccc1ccccc21. The van der Waals surface area contributed by atoms with E-state index in [4.69, 9.17) is 0 Å². The minimum absolute atomic E-state index is 0.00455. The minimum Gasteiger partial charge on any atom is -0.310 e. The van der Waals surface area contributed by atoms with Crippen LogP contribution in [-0.2, 0) is 16.2 Å². The van der Waals surface area contributed by atoms with Crippen LogP contribution < -0.4 is 4.90 Å². The zero-order valence-corrected chi connectivity index (χ0v) is 39.6. The molecule has 0 N–H and O–H groups in total. The number of fused-ring (bicyclic) bond motifs is 17. The largest absolute Gasteiger partial charge is 0.310 e. The fourth-order valence-electron chi connectivity index (χ4n) is 14.4. The normalized spacial score (nSPS) is 16.0. The topological polar surface area (TPSA) is 3.24 Å². The first-order chi connectivity index (χ1) is 34.4. The third-order valence-electron chi connectivity index (χ3n) is 17.4. The van der Waals surface area contributed by atoms with Crippen LogP contribution in [0.3, 0.4) is 0 Å². The van der Waals surface area contributed by atoms with Crippen LogP contribution >= 0.6 is 0 Å². The lowest BCUT2D eigenvalue weighted by Gasteiger charge is -2.35. The number of anilines is 3. The average Bonchev–Trinajstić information content (AvgIpc) is 4.16. The van der Waals surface area contributed by atoms with E-state index in [9.17, 15) is 0 Å². The van der Waals surface area contributed by atoms with E-state index in [2.05, 4.69) is 243 Å². The smallest absolute Gasteiger partial charge is 0.0714 e. The van der Waals surface area contributed by atoms with Crippen molar-refractivity contribution >= 4 is 49.4 Å². The summed E-state index contributed by atoms with van der Waals surface area (Å²) in [5, 5.41) is 7.85. The van der Waals surface area contributed by atoms with E-state index in [0.717, 1.165) is 5.69 Å². The molecule has 0 saturated heterocycles. The zero-order valence-electron chi connectivity index (χ0n) is 39.6. The third-order valence-corrected chi connectivity index (χ3v) is 17.4. The molecule has 1 fully saturated rings. The molecule has 1 saturated carbocycles. The molecule has 11 aromatic carbocycles. The van der Waals surface area contributed by atoms with Gasteiger partial charge in [-0.2, -0.15) is 0 Å². The van der Waals surface area contributed by atoms with Crippen LogP contribution in [0.2, 0.25) is 0 Å². The predicted molar refractivity (Wildman–Crippen MR) is 293 cm³/mol. The van der Waals surface area contributed by atoms with E-state index in [0.29, 0.717) is 0 Å². The van der Waals surface area contributed by atoms with E-state index in [1.165, 1.54) is 147 Å². The molecule has 4 aliphatic carbocycles. The van der Waals surface area contributed by atoms with Gasteiger partial charge < -0.3 is 4.90 Å². The second kappa shape index (κ2) is 14.5. The van der Waals surface area contributed by atoms with Crippen molar-refractivity contribution in [3.8, 4) is 33.4 Å². The van der Waals surface area contributed by atoms with Gasteiger partial charge in [-0.05, 0) is 159 Å². The van der Waals surface area contributed by atoms with Crippen LogP contribution in [0, 0.1) is 0 Å². The van der Waals surface area contributed by atoms with Gasteiger partial charge in [0, 0.05) is 27.9 Å². The lowest BCUT2D eigenvalue weighted by Crippen LogP contribution is -2.28. The highest BCUT2D eigenvalue weighted by atomic mass is 15.1. The van der Waals surface area contributed by atoms with Crippen LogP contribution in [0.4, 0.5) is 17.1 Å². The Bertz CT molecular complexity index is 3940. The fourth-order valence-corrected chi connectivity index (χ4v) is 14.4. The van der Waals surface area contributed by atoms with Gasteiger partial charge in [0.1, 0.15) is 0 Å². The van der Waals surface area contributed by atoms with Crippen molar-refractivity contribution in [1.29, 1.82) is 0 Å². The summed E-state index contributed by atoms with van der Waals surface area (Å²) in [4.78, 5) is 2.60. The highest BCUT2D eigenvalue weighted by Crippen LogP contribution is 2.62. The molecule has 15 rings (SSSR count).